The van der Waals surface area contributed by atoms with Gasteiger partial charge in [0.25, 0.3) is 0 Å². The number of amides is 1. The predicted octanol–water partition coefficient (Wildman–Crippen LogP) is 3.54. The molecule has 0 unspecified atom stereocenters. The van der Waals surface area contributed by atoms with Gasteiger partial charge in [-0.25, -0.2) is 0 Å². The van der Waals surface area contributed by atoms with Gasteiger partial charge in [-0.1, -0.05) is 60.7 Å². The van der Waals surface area contributed by atoms with Gasteiger partial charge in [0.15, 0.2) is 0 Å². The first-order chi connectivity index (χ1) is 13.7. The van der Waals surface area contributed by atoms with E-state index < -0.39 is 0 Å². The van der Waals surface area contributed by atoms with Crippen LogP contribution in [0.3, 0.4) is 0 Å². The minimum Gasteiger partial charge on any atom is -0.375 e. The third-order valence-electron chi connectivity index (χ3n) is 6.55. The molecule has 4 rings (SSSR count). The number of methoxy groups -OCH3 is 1. The lowest BCUT2D eigenvalue weighted by Gasteiger charge is -2.43. The molecule has 2 aromatic carbocycles. The Morgan fingerprint density at radius 1 is 1.04 bits per heavy atom. The van der Waals surface area contributed by atoms with Gasteiger partial charge in [0.1, 0.15) is 6.61 Å². The number of likely N-dealkylation sites (tertiary alicyclic amines) is 2. The number of piperidine rings is 1. The number of benzene rings is 2. The summed E-state index contributed by atoms with van der Waals surface area (Å²) in [6.07, 6.45) is 2.13. The molecule has 4 heteroatoms. The Balaban J connectivity index is 1.52. The number of hydrogen-bond acceptors (Lipinski definition) is 3. The molecule has 2 aliphatic heterocycles. The fourth-order valence-corrected chi connectivity index (χ4v) is 5.10. The van der Waals surface area contributed by atoms with Crippen molar-refractivity contribution in [3.63, 3.8) is 0 Å². The summed E-state index contributed by atoms with van der Waals surface area (Å²) >= 11 is 0. The van der Waals surface area contributed by atoms with Crippen molar-refractivity contribution in [2.24, 2.45) is 5.41 Å². The van der Waals surface area contributed by atoms with Crippen LogP contribution in [-0.2, 0) is 16.1 Å². The fraction of sp³-hybridized carbons (Fsp3) is 0.458. The molecular weight excluding hydrogens is 348 g/mol. The molecule has 1 amide bonds. The molecule has 2 aromatic rings. The normalized spacial score (nSPS) is 21.9. The largest absolute Gasteiger partial charge is 0.375 e. The van der Waals surface area contributed by atoms with Crippen LogP contribution < -0.4 is 0 Å². The summed E-state index contributed by atoms with van der Waals surface area (Å²) in [5, 5.41) is 0. The Labute approximate surface area is 168 Å². The lowest BCUT2D eigenvalue weighted by Crippen LogP contribution is -2.47. The van der Waals surface area contributed by atoms with Gasteiger partial charge in [-0.05, 0) is 29.4 Å². The highest BCUT2D eigenvalue weighted by atomic mass is 16.5. The van der Waals surface area contributed by atoms with E-state index in [4.69, 9.17) is 4.74 Å². The van der Waals surface area contributed by atoms with Crippen LogP contribution in [0.5, 0.6) is 0 Å². The van der Waals surface area contributed by atoms with Gasteiger partial charge in [-0.3, -0.25) is 9.69 Å². The molecule has 1 spiro atoms. The average Bonchev–Trinajstić information content (AvgIpc) is 3.07. The number of rotatable bonds is 5. The predicted molar refractivity (Wildman–Crippen MR) is 111 cm³/mol. The first-order valence-corrected chi connectivity index (χ1v) is 10.3. The Hall–Kier alpha value is -2.17. The maximum absolute atomic E-state index is 12.2. The van der Waals surface area contributed by atoms with Crippen LogP contribution >= 0.6 is 0 Å². The summed E-state index contributed by atoms with van der Waals surface area (Å²) in [5.74, 6) is 0.643. The van der Waals surface area contributed by atoms with Crippen molar-refractivity contribution in [2.75, 3.05) is 39.9 Å². The van der Waals surface area contributed by atoms with Crippen LogP contribution in [0.15, 0.2) is 60.7 Å². The number of carbonyl (C=O) groups excluding carboxylic acids is 1. The zero-order chi connectivity index (χ0) is 19.4. The molecule has 0 bridgehead atoms. The van der Waals surface area contributed by atoms with Gasteiger partial charge in [0.2, 0.25) is 5.91 Å². The maximum atomic E-state index is 12.2. The second kappa shape index (κ2) is 8.46. The first kappa shape index (κ1) is 19.2. The monoisotopic (exact) mass is 378 g/mol. The van der Waals surface area contributed by atoms with Gasteiger partial charge >= 0.3 is 0 Å². The van der Waals surface area contributed by atoms with Gasteiger partial charge in [0.05, 0.1) is 0 Å². The van der Waals surface area contributed by atoms with Crippen molar-refractivity contribution in [3.05, 3.63) is 71.8 Å². The molecule has 0 aliphatic carbocycles. The standard InChI is InChI=1S/C24H30N2O2/c1-28-18-23(27)26-14-12-24(13-15-26)19-25(16-20-8-4-2-5-9-20)17-22(24)21-10-6-3-7-11-21/h2-11,22H,12-19H2,1H3/t22-/m0/s1. The van der Waals surface area contributed by atoms with Crippen molar-refractivity contribution in [2.45, 2.75) is 25.3 Å². The zero-order valence-corrected chi connectivity index (χ0v) is 16.7. The molecule has 0 saturated carbocycles. The molecule has 4 nitrogen and oxygen atoms in total. The summed E-state index contributed by atoms with van der Waals surface area (Å²) in [5.41, 5.74) is 3.06. The van der Waals surface area contributed by atoms with Crippen LogP contribution in [-0.4, -0.2) is 55.6 Å². The Morgan fingerprint density at radius 2 is 1.68 bits per heavy atom. The second-order valence-electron chi connectivity index (χ2n) is 8.29. The molecule has 1 atom stereocenters. The first-order valence-electron chi connectivity index (χ1n) is 10.3. The van der Waals surface area contributed by atoms with E-state index in [9.17, 15) is 4.79 Å². The van der Waals surface area contributed by atoms with Crippen LogP contribution in [0.2, 0.25) is 0 Å². The lowest BCUT2D eigenvalue weighted by molar-refractivity contribution is -0.137. The molecule has 0 N–H and O–H groups in total. The van der Waals surface area contributed by atoms with Crippen molar-refractivity contribution in [1.82, 2.24) is 9.80 Å². The number of ether oxygens (including phenoxy) is 1. The molecule has 2 saturated heterocycles. The van der Waals surface area contributed by atoms with Crippen molar-refractivity contribution < 1.29 is 9.53 Å². The third kappa shape index (κ3) is 3.98. The van der Waals surface area contributed by atoms with Crippen LogP contribution in [0.25, 0.3) is 0 Å². The Bertz CT molecular complexity index is 770. The molecular formula is C24H30N2O2. The minimum absolute atomic E-state index is 0.118. The Morgan fingerprint density at radius 3 is 2.32 bits per heavy atom. The zero-order valence-electron chi connectivity index (χ0n) is 16.7. The number of hydrogen-bond donors (Lipinski definition) is 0. The van der Waals surface area contributed by atoms with Crippen LogP contribution in [0.4, 0.5) is 0 Å². The number of carbonyl (C=O) groups is 1. The van der Waals surface area contributed by atoms with E-state index in [1.807, 2.05) is 4.90 Å². The topological polar surface area (TPSA) is 32.8 Å². The quantitative estimate of drug-likeness (QED) is 0.798. The van der Waals surface area contributed by atoms with E-state index in [-0.39, 0.29) is 17.9 Å². The summed E-state index contributed by atoms with van der Waals surface area (Å²) in [7, 11) is 1.59. The van der Waals surface area contributed by atoms with Crippen LogP contribution in [0.1, 0.15) is 29.9 Å². The highest BCUT2D eigenvalue weighted by Gasteiger charge is 2.48. The SMILES string of the molecule is COCC(=O)N1CCC2(CC1)CN(Cc1ccccc1)C[C@H]2c1ccccc1. The molecule has 2 fully saturated rings. The molecule has 2 heterocycles. The third-order valence-corrected chi connectivity index (χ3v) is 6.55. The molecule has 28 heavy (non-hydrogen) atoms. The summed E-state index contributed by atoms with van der Waals surface area (Å²) in [4.78, 5) is 16.8. The summed E-state index contributed by atoms with van der Waals surface area (Å²) < 4.78 is 5.05. The highest BCUT2D eigenvalue weighted by molar-refractivity contribution is 5.77. The highest BCUT2D eigenvalue weighted by Crippen LogP contribution is 2.50. The Kier molecular flexibility index (Phi) is 5.79. The van der Waals surface area contributed by atoms with E-state index >= 15 is 0 Å². The van der Waals surface area contributed by atoms with Gasteiger partial charge in [0, 0.05) is 45.8 Å². The lowest BCUT2D eigenvalue weighted by atomic mass is 9.68. The van der Waals surface area contributed by atoms with Crippen molar-refractivity contribution >= 4 is 5.91 Å². The molecule has 0 aromatic heterocycles. The fourth-order valence-electron chi connectivity index (χ4n) is 5.10. The molecule has 2 aliphatic rings. The van der Waals surface area contributed by atoms with Gasteiger partial charge < -0.3 is 9.64 Å². The minimum atomic E-state index is 0.118. The molecule has 148 valence electrons. The summed E-state index contributed by atoms with van der Waals surface area (Å²) in [6, 6.07) is 21.7. The summed E-state index contributed by atoms with van der Waals surface area (Å²) in [6.45, 7) is 5.06. The van der Waals surface area contributed by atoms with E-state index in [0.29, 0.717) is 5.92 Å². The van der Waals surface area contributed by atoms with Gasteiger partial charge in [-0.15, -0.1) is 0 Å². The maximum Gasteiger partial charge on any atom is 0.248 e. The van der Waals surface area contributed by atoms with E-state index in [0.717, 1.165) is 45.6 Å². The van der Waals surface area contributed by atoms with Gasteiger partial charge in [-0.2, -0.15) is 0 Å². The molecule has 0 radical (unpaired) electrons. The van der Waals surface area contributed by atoms with Crippen molar-refractivity contribution in [1.29, 1.82) is 0 Å². The van der Waals surface area contributed by atoms with E-state index in [2.05, 4.69) is 65.6 Å². The van der Waals surface area contributed by atoms with E-state index in [1.165, 1.54) is 11.1 Å². The average molecular weight is 379 g/mol. The number of nitrogens with zero attached hydrogens (tertiary/aromatic N) is 2. The van der Waals surface area contributed by atoms with Crippen LogP contribution in [0, 0.1) is 5.41 Å². The van der Waals surface area contributed by atoms with E-state index in [1.54, 1.807) is 7.11 Å². The second-order valence-corrected chi connectivity index (χ2v) is 8.29. The smallest absolute Gasteiger partial charge is 0.248 e. The van der Waals surface area contributed by atoms with Crippen molar-refractivity contribution in [3.8, 4) is 0 Å².